The second-order valence-electron chi connectivity index (χ2n) is 4.07. The third-order valence-electron chi connectivity index (χ3n) is 2.61. The van der Waals surface area contributed by atoms with Crippen molar-refractivity contribution in [3.63, 3.8) is 0 Å². The van der Waals surface area contributed by atoms with E-state index >= 15 is 0 Å². The van der Waals surface area contributed by atoms with Gasteiger partial charge >= 0.3 is 0 Å². The lowest BCUT2D eigenvalue weighted by atomic mass is 10.2. The van der Waals surface area contributed by atoms with Crippen molar-refractivity contribution < 1.29 is 4.42 Å². The molecule has 0 amide bonds. The number of rotatable bonds is 4. The number of nitrogens with zero attached hydrogens (tertiary/aromatic N) is 3. The van der Waals surface area contributed by atoms with Gasteiger partial charge in [-0.15, -0.1) is 22.0 Å². The minimum Gasteiger partial charge on any atom is -0.420 e. The van der Waals surface area contributed by atoms with Crippen molar-refractivity contribution in [1.82, 2.24) is 15.2 Å². The minimum absolute atomic E-state index is 0.513. The Morgan fingerprint density at radius 1 is 1.05 bits per heavy atom. The second-order valence-corrected chi connectivity index (χ2v) is 5.12. The van der Waals surface area contributed by atoms with Crippen molar-refractivity contribution in [3.05, 3.63) is 54.6 Å². The van der Waals surface area contributed by atoms with Crippen LogP contribution in [0.3, 0.4) is 0 Å². The summed E-state index contributed by atoms with van der Waals surface area (Å²) in [4.78, 5) is 5.05. The Morgan fingerprint density at radius 2 is 1.90 bits per heavy atom. The van der Waals surface area contributed by atoms with E-state index in [1.807, 2.05) is 36.4 Å². The molecule has 0 bridgehead atoms. The molecule has 5 nitrogen and oxygen atoms in total. The zero-order valence-electron chi connectivity index (χ0n) is 10.6. The smallest absolute Gasteiger partial charge is 0.247 e. The Bertz CT molecular complexity index is 682. The van der Waals surface area contributed by atoms with Gasteiger partial charge in [-0.3, -0.25) is 0 Å². The number of thioether (sulfide) groups is 1. The van der Waals surface area contributed by atoms with E-state index in [2.05, 4.69) is 15.2 Å². The van der Waals surface area contributed by atoms with Crippen LogP contribution in [0.1, 0.15) is 5.89 Å². The number of benzene rings is 1. The van der Waals surface area contributed by atoms with Gasteiger partial charge in [0.05, 0.1) is 5.75 Å². The molecule has 0 unspecified atom stereocenters. The first kappa shape index (κ1) is 12.7. The summed E-state index contributed by atoms with van der Waals surface area (Å²) in [5, 5.41) is 8.09. The molecule has 0 saturated heterocycles. The van der Waals surface area contributed by atoms with Crippen LogP contribution in [0.2, 0.25) is 0 Å². The third kappa shape index (κ3) is 2.97. The molecule has 2 aromatic heterocycles. The maximum absolute atomic E-state index is 5.63. The predicted octanol–water partition coefficient (Wildman–Crippen LogP) is 3.01. The normalized spacial score (nSPS) is 10.6. The molecule has 0 aliphatic heterocycles. The van der Waals surface area contributed by atoms with E-state index < -0.39 is 0 Å². The summed E-state index contributed by atoms with van der Waals surface area (Å²) in [5.41, 5.74) is 6.46. The fourth-order valence-corrected chi connectivity index (χ4v) is 2.33. The minimum atomic E-state index is 0.513. The maximum atomic E-state index is 5.63. The molecule has 3 aromatic rings. The largest absolute Gasteiger partial charge is 0.420 e. The van der Waals surface area contributed by atoms with Crippen LogP contribution in [-0.2, 0) is 5.75 Å². The lowest BCUT2D eigenvalue weighted by molar-refractivity contribution is 0.528. The van der Waals surface area contributed by atoms with Crippen LogP contribution in [0.25, 0.3) is 11.5 Å². The van der Waals surface area contributed by atoms with E-state index in [0.717, 1.165) is 10.5 Å². The molecule has 2 heterocycles. The average molecular weight is 284 g/mol. The van der Waals surface area contributed by atoms with Crippen LogP contribution in [0.5, 0.6) is 0 Å². The highest BCUT2D eigenvalue weighted by molar-refractivity contribution is 7.98. The summed E-state index contributed by atoms with van der Waals surface area (Å²) in [6, 6.07) is 13.4. The van der Waals surface area contributed by atoms with Crippen LogP contribution in [0.4, 0.5) is 5.82 Å². The zero-order chi connectivity index (χ0) is 13.8. The summed E-state index contributed by atoms with van der Waals surface area (Å²) >= 11 is 1.58. The molecule has 0 aliphatic carbocycles. The summed E-state index contributed by atoms with van der Waals surface area (Å²) in [5.74, 6) is 2.24. The van der Waals surface area contributed by atoms with Crippen molar-refractivity contribution in [2.45, 2.75) is 10.6 Å². The number of pyridine rings is 1. The topological polar surface area (TPSA) is 77.8 Å². The van der Waals surface area contributed by atoms with Gasteiger partial charge in [0.1, 0.15) is 5.82 Å². The van der Waals surface area contributed by atoms with Gasteiger partial charge < -0.3 is 10.2 Å². The van der Waals surface area contributed by atoms with Gasteiger partial charge in [-0.1, -0.05) is 18.2 Å². The Kier molecular flexibility index (Phi) is 3.64. The molecule has 100 valence electrons. The molecule has 0 fully saturated rings. The first-order chi connectivity index (χ1) is 9.81. The van der Waals surface area contributed by atoms with Crippen LogP contribution in [0.15, 0.2) is 58.0 Å². The molecule has 20 heavy (non-hydrogen) atoms. The molecule has 2 N–H and O–H groups in total. The molecule has 0 aliphatic rings. The predicted molar refractivity (Wildman–Crippen MR) is 77.9 cm³/mol. The zero-order valence-corrected chi connectivity index (χ0v) is 11.4. The molecule has 3 rings (SSSR count). The van der Waals surface area contributed by atoms with Gasteiger partial charge in [-0.2, -0.15) is 0 Å². The summed E-state index contributed by atoms with van der Waals surface area (Å²) < 4.78 is 5.63. The van der Waals surface area contributed by atoms with E-state index in [-0.39, 0.29) is 0 Å². The highest BCUT2D eigenvalue weighted by atomic mass is 32.2. The number of hydrogen-bond acceptors (Lipinski definition) is 6. The van der Waals surface area contributed by atoms with Crippen LogP contribution in [0, 0.1) is 0 Å². The van der Waals surface area contributed by atoms with E-state index in [1.54, 1.807) is 24.0 Å². The Morgan fingerprint density at radius 3 is 2.65 bits per heavy atom. The van der Waals surface area contributed by atoms with E-state index in [1.165, 1.54) is 0 Å². The Hall–Kier alpha value is -2.34. The van der Waals surface area contributed by atoms with Crippen LogP contribution < -0.4 is 5.73 Å². The van der Waals surface area contributed by atoms with Crippen LogP contribution in [-0.4, -0.2) is 15.2 Å². The Balaban J connectivity index is 1.67. The average Bonchev–Trinajstić information content (AvgIpc) is 2.97. The fourth-order valence-electron chi connectivity index (χ4n) is 1.63. The van der Waals surface area contributed by atoms with E-state index in [4.69, 9.17) is 10.2 Å². The molecule has 0 saturated carbocycles. The van der Waals surface area contributed by atoms with Gasteiger partial charge in [0, 0.05) is 16.7 Å². The van der Waals surface area contributed by atoms with Gasteiger partial charge in [-0.25, -0.2) is 4.98 Å². The first-order valence-electron chi connectivity index (χ1n) is 6.03. The lowest BCUT2D eigenvalue weighted by Gasteiger charge is -1.98. The molecular formula is C14H12N4OS. The molecule has 0 atom stereocenters. The number of anilines is 1. The van der Waals surface area contributed by atoms with Crippen molar-refractivity contribution in [1.29, 1.82) is 0 Å². The van der Waals surface area contributed by atoms with E-state index in [0.29, 0.717) is 23.4 Å². The van der Waals surface area contributed by atoms with E-state index in [9.17, 15) is 0 Å². The van der Waals surface area contributed by atoms with Crippen molar-refractivity contribution >= 4 is 17.6 Å². The molecule has 0 spiro atoms. The lowest BCUT2D eigenvalue weighted by Crippen LogP contribution is -1.88. The standard InChI is InChI=1S/C14H12N4OS/c15-12-7-6-11(8-16-12)20-9-13-17-18-14(19-13)10-4-2-1-3-5-10/h1-8H,9H2,(H2,15,16). The van der Waals surface area contributed by atoms with Gasteiger partial charge in [0.2, 0.25) is 11.8 Å². The molecular weight excluding hydrogens is 272 g/mol. The second kappa shape index (κ2) is 5.75. The van der Waals surface area contributed by atoms with Crippen molar-refractivity contribution in [2.24, 2.45) is 0 Å². The summed E-state index contributed by atoms with van der Waals surface area (Å²) in [7, 11) is 0. The highest BCUT2D eigenvalue weighted by Gasteiger charge is 2.08. The first-order valence-corrected chi connectivity index (χ1v) is 7.02. The quantitative estimate of drug-likeness (QED) is 0.742. The van der Waals surface area contributed by atoms with Crippen LogP contribution >= 0.6 is 11.8 Å². The van der Waals surface area contributed by atoms with Crippen molar-refractivity contribution in [2.75, 3.05) is 5.73 Å². The molecule has 0 radical (unpaired) electrons. The van der Waals surface area contributed by atoms with Gasteiger partial charge in [0.25, 0.3) is 0 Å². The fraction of sp³-hybridized carbons (Fsp3) is 0.0714. The van der Waals surface area contributed by atoms with Gasteiger partial charge in [-0.05, 0) is 24.3 Å². The number of nitrogen functional groups attached to an aromatic ring is 1. The molecule has 1 aromatic carbocycles. The highest BCUT2D eigenvalue weighted by Crippen LogP contribution is 2.24. The maximum Gasteiger partial charge on any atom is 0.247 e. The number of nitrogens with two attached hydrogens (primary N) is 1. The molecule has 6 heteroatoms. The van der Waals surface area contributed by atoms with Gasteiger partial charge in [0.15, 0.2) is 0 Å². The Labute approximate surface area is 120 Å². The van der Waals surface area contributed by atoms with Crippen molar-refractivity contribution in [3.8, 4) is 11.5 Å². The SMILES string of the molecule is Nc1ccc(SCc2nnc(-c3ccccc3)o2)cn1. The monoisotopic (exact) mass is 284 g/mol. The number of hydrogen-bond donors (Lipinski definition) is 1. The summed E-state index contributed by atoms with van der Waals surface area (Å²) in [6.07, 6.45) is 1.73. The third-order valence-corrected chi connectivity index (χ3v) is 3.58. The number of aromatic nitrogens is 3. The summed E-state index contributed by atoms with van der Waals surface area (Å²) in [6.45, 7) is 0.